The van der Waals surface area contributed by atoms with Gasteiger partial charge in [-0.3, -0.25) is 28.8 Å². The Morgan fingerprint density at radius 1 is 0.867 bits per heavy atom. The normalized spacial score (nSPS) is 23.2. The van der Waals surface area contributed by atoms with Crippen LogP contribution in [0.3, 0.4) is 0 Å². The number of aromatic nitrogens is 4. The summed E-state index contributed by atoms with van der Waals surface area (Å²) in [5.41, 5.74) is 10.2. The number of nitrogens with zero attached hydrogens (tertiary/aromatic N) is 9. The van der Waals surface area contributed by atoms with Gasteiger partial charge >= 0.3 is 11.7 Å². The van der Waals surface area contributed by atoms with Crippen LogP contribution in [0.2, 0.25) is 0 Å². The molecule has 4 aromatic rings. The lowest BCUT2D eigenvalue weighted by Crippen LogP contribution is -2.49. The fourth-order valence-corrected chi connectivity index (χ4v) is 10.0. The molecule has 17 heteroatoms. The fourth-order valence-electron chi connectivity index (χ4n) is 10.0. The van der Waals surface area contributed by atoms with Crippen LogP contribution in [0, 0.1) is 5.92 Å². The SMILES string of the molecule is CN1CCN([C@@H]2CCCN(c3cnc(C(N)=O)c(Nc4ccc(C5CCN(C[C@H]6CCN(c7ccc8c(c7)n(C)c(=O)n8[C@@H]7CCC(=O)NC7=O)C6)CC5)cc4)n3)C2)C1=O. The van der Waals surface area contributed by atoms with Gasteiger partial charge in [0.15, 0.2) is 11.5 Å². The Labute approximate surface area is 348 Å². The lowest BCUT2D eigenvalue weighted by atomic mass is 9.89. The molecule has 5 aliphatic heterocycles. The summed E-state index contributed by atoms with van der Waals surface area (Å²) in [6.45, 7) is 7.92. The molecule has 9 rings (SSSR count). The molecule has 0 aliphatic carbocycles. The number of piperidine rings is 3. The van der Waals surface area contributed by atoms with Crippen molar-refractivity contribution in [2.75, 3.05) is 81.1 Å². The summed E-state index contributed by atoms with van der Waals surface area (Å²) < 4.78 is 3.13. The van der Waals surface area contributed by atoms with E-state index in [1.54, 1.807) is 22.7 Å². The second kappa shape index (κ2) is 16.2. The highest BCUT2D eigenvalue weighted by atomic mass is 16.2. The summed E-state index contributed by atoms with van der Waals surface area (Å²) in [6, 6.07) is 13.9. The first kappa shape index (κ1) is 39.5. The Hall–Kier alpha value is -5.97. The van der Waals surface area contributed by atoms with Crippen molar-refractivity contribution in [2.24, 2.45) is 18.7 Å². The van der Waals surface area contributed by atoms with Crippen LogP contribution < -0.4 is 31.9 Å². The van der Waals surface area contributed by atoms with Crippen molar-refractivity contribution in [3.8, 4) is 0 Å². The number of likely N-dealkylation sites (tertiary alicyclic amines) is 1. The molecule has 316 valence electrons. The van der Waals surface area contributed by atoms with Gasteiger partial charge in [-0.05, 0) is 99.3 Å². The Morgan fingerprint density at radius 2 is 1.67 bits per heavy atom. The maximum atomic E-state index is 13.3. The van der Waals surface area contributed by atoms with E-state index in [0.717, 1.165) is 101 Å². The molecule has 0 saturated carbocycles. The summed E-state index contributed by atoms with van der Waals surface area (Å²) in [5, 5.41) is 5.69. The van der Waals surface area contributed by atoms with E-state index in [0.29, 0.717) is 42.0 Å². The van der Waals surface area contributed by atoms with Crippen LogP contribution in [0.25, 0.3) is 11.0 Å². The first-order valence-electron chi connectivity index (χ1n) is 21.3. The molecule has 5 aliphatic rings. The van der Waals surface area contributed by atoms with E-state index >= 15 is 0 Å². The molecular weight excluding hydrogens is 765 g/mol. The highest BCUT2D eigenvalue weighted by Gasteiger charge is 2.36. The molecule has 7 heterocycles. The summed E-state index contributed by atoms with van der Waals surface area (Å²) in [7, 11) is 3.57. The number of benzene rings is 2. The van der Waals surface area contributed by atoms with Gasteiger partial charge in [0.1, 0.15) is 11.9 Å². The van der Waals surface area contributed by atoms with Crippen LogP contribution in [0.15, 0.2) is 53.5 Å². The van der Waals surface area contributed by atoms with E-state index in [9.17, 15) is 24.0 Å². The Kier molecular flexibility index (Phi) is 10.7. The van der Waals surface area contributed by atoms with Gasteiger partial charge in [-0.1, -0.05) is 12.1 Å². The molecule has 0 unspecified atom stereocenters. The molecule has 5 fully saturated rings. The van der Waals surface area contributed by atoms with Crippen molar-refractivity contribution in [1.29, 1.82) is 0 Å². The second-order valence-electron chi connectivity index (χ2n) is 17.2. The third kappa shape index (κ3) is 7.66. The number of fused-ring (bicyclic) bond motifs is 1. The number of anilines is 4. The number of aryl methyl sites for hydroxylation is 1. The highest BCUT2D eigenvalue weighted by Crippen LogP contribution is 2.33. The Morgan fingerprint density at radius 3 is 2.40 bits per heavy atom. The van der Waals surface area contributed by atoms with Gasteiger partial charge in [0.2, 0.25) is 11.8 Å². The zero-order valence-corrected chi connectivity index (χ0v) is 34.4. The largest absolute Gasteiger partial charge is 0.371 e. The minimum absolute atomic E-state index is 0.0664. The predicted molar refractivity (Wildman–Crippen MR) is 228 cm³/mol. The monoisotopic (exact) mass is 818 g/mol. The van der Waals surface area contributed by atoms with E-state index < -0.39 is 17.9 Å². The predicted octanol–water partition coefficient (Wildman–Crippen LogP) is 2.99. The molecule has 0 radical (unpaired) electrons. The van der Waals surface area contributed by atoms with Crippen LogP contribution in [-0.4, -0.2) is 130 Å². The molecule has 3 atom stereocenters. The molecule has 5 amide bonds. The molecule has 60 heavy (non-hydrogen) atoms. The van der Waals surface area contributed by atoms with Crippen LogP contribution >= 0.6 is 0 Å². The number of primary amides is 1. The number of carbonyl (C=O) groups is 4. The average Bonchev–Trinajstić information content (AvgIpc) is 3.93. The van der Waals surface area contributed by atoms with Gasteiger partial charge in [-0.15, -0.1) is 0 Å². The maximum absolute atomic E-state index is 13.3. The van der Waals surface area contributed by atoms with Crippen molar-refractivity contribution in [2.45, 2.75) is 62.9 Å². The van der Waals surface area contributed by atoms with Gasteiger partial charge in [-0.25, -0.2) is 19.6 Å². The van der Waals surface area contributed by atoms with Crippen molar-refractivity contribution in [3.05, 3.63) is 70.4 Å². The van der Waals surface area contributed by atoms with Gasteiger partial charge in [0.25, 0.3) is 5.91 Å². The summed E-state index contributed by atoms with van der Waals surface area (Å²) in [5.74, 6) is 0.591. The van der Waals surface area contributed by atoms with E-state index in [2.05, 4.69) is 48.5 Å². The molecule has 0 bridgehead atoms. The zero-order chi connectivity index (χ0) is 41.7. The third-order valence-electron chi connectivity index (χ3n) is 13.4. The smallest absolute Gasteiger partial charge is 0.329 e. The molecule has 2 aromatic heterocycles. The van der Waals surface area contributed by atoms with E-state index in [4.69, 9.17) is 10.7 Å². The number of imidazole rings is 1. The van der Waals surface area contributed by atoms with E-state index in [1.165, 1.54) is 10.1 Å². The van der Waals surface area contributed by atoms with Crippen LogP contribution in [0.5, 0.6) is 0 Å². The van der Waals surface area contributed by atoms with Crippen LogP contribution in [-0.2, 0) is 16.6 Å². The quantitative estimate of drug-likeness (QED) is 0.200. The minimum atomic E-state index is -0.693. The van der Waals surface area contributed by atoms with Gasteiger partial charge < -0.3 is 35.6 Å². The molecule has 2 aromatic carbocycles. The number of amides is 5. The first-order chi connectivity index (χ1) is 29.0. The third-order valence-corrected chi connectivity index (χ3v) is 13.4. The topological polar surface area (TPSA) is 187 Å². The second-order valence-corrected chi connectivity index (χ2v) is 17.2. The number of imide groups is 1. The number of urea groups is 1. The average molecular weight is 819 g/mol. The number of nitrogens with one attached hydrogen (secondary N) is 2. The Balaban J connectivity index is 0.784. The fraction of sp³-hybridized carbons (Fsp3) is 0.512. The van der Waals surface area contributed by atoms with Crippen molar-refractivity contribution in [1.82, 2.24) is 39.1 Å². The maximum Gasteiger partial charge on any atom is 0.329 e. The number of hydrogen-bond acceptors (Lipinski definition) is 11. The van der Waals surface area contributed by atoms with Crippen molar-refractivity contribution < 1.29 is 19.2 Å². The molecule has 4 N–H and O–H groups in total. The van der Waals surface area contributed by atoms with Gasteiger partial charge in [-0.2, -0.15) is 0 Å². The zero-order valence-electron chi connectivity index (χ0n) is 34.4. The van der Waals surface area contributed by atoms with Crippen molar-refractivity contribution >= 4 is 57.8 Å². The molecule has 0 spiro atoms. The first-order valence-corrected chi connectivity index (χ1v) is 21.3. The number of rotatable bonds is 10. The number of hydrogen-bond donors (Lipinski definition) is 3. The molecule has 17 nitrogen and oxygen atoms in total. The van der Waals surface area contributed by atoms with Crippen LogP contribution in [0.4, 0.5) is 27.8 Å². The minimum Gasteiger partial charge on any atom is -0.371 e. The van der Waals surface area contributed by atoms with E-state index in [-0.39, 0.29) is 35.8 Å². The summed E-state index contributed by atoms with van der Waals surface area (Å²) >= 11 is 0. The highest BCUT2D eigenvalue weighted by molar-refractivity contribution is 6.00. The Bertz CT molecular complexity index is 2370. The van der Waals surface area contributed by atoms with Crippen molar-refractivity contribution in [3.63, 3.8) is 0 Å². The standard InChI is InChI=1S/C43H54N12O5/c1-49-20-21-54(42(49)59)32-4-3-16-53(26-32)36-23-45-38(39(44)57)40(47-36)46-30-7-5-28(6-8-30)29-14-17-51(18-15-29)24-27-13-19-52(25-27)31-9-10-33-35(22-31)50(2)43(60)55(33)34-11-12-37(56)48-41(34)58/h5-10,22-23,27,29,32,34H,3-4,11-21,24-26H2,1-2H3,(H2,44,57)(H,46,47)(H,48,56,58)/t27-,32-,34-/m1/s1. The van der Waals surface area contributed by atoms with Gasteiger partial charge in [0, 0.05) is 77.7 Å². The number of likely N-dealkylation sites (N-methyl/N-ethyl adjacent to an activating group) is 1. The number of nitrogens with two attached hydrogens (primary N) is 1. The lowest BCUT2D eigenvalue weighted by molar-refractivity contribution is -0.135. The molecule has 5 saturated heterocycles. The van der Waals surface area contributed by atoms with E-state index in [1.807, 2.05) is 36.2 Å². The van der Waals surface area contributed by atoms with Gasteiger partial charge in [0.05, 0.1) is 23.3 Å². The summed E-state index contributed by atoms with van der Waals surface area (Å²) in [4.78, 5) is 82.8. The number of carbonyl (C=O) groups excluding carboxylic acids is 4. The molecular formula is C43H54N12O5. The lowest BCUT2D eigenvalue weighted by Gasteiger charge is -2.37. The summed E-state index contributed by atoms with van der Waals surface area (Å²) in [6.07, 6.45) is 7.25. The van der Waals surface area contributed by atoms with Crippen LogP contribution in [0.1, 0.15) is 73.0 Å².